The zero-order chi connectivity index (χ0) is 42.4. The SMILES string of the molecule is O=C(c1ccc(Oc2nccnc2C2=CC[C@H](O)CC2)cc1)c1nc2ccccc2[nH]1.O=C(c1ccc(Oc2nccnc2C2=CC[C@H](O)CC2)cc1)c1nc2ccccc2[nH]1. The number of aliphatic hydroxyl groups excluding tert-OH is 2. The lowest BCUT2D eigenvalue weighted by Gasteiger charge is -2.18. The van der Waals surface area contributed by atoms with Crippen molar-refractivity contribution in [1.29, 1.82) is 0 Å². The molecule has 0 unspecified atom stereocenters. The maximum Gasteiger partial charge on any atom is 0.245 e. The maximum atomic E-state index is 12.8. The number of carbonyl (C=O) groups is 2. The first-order valence-electron chi connectivity index (χ1n) is 20.3. The van der Waals surface area contributed by atoms with Crippen LogP contribution >= 0.6 is 0 Å². The van der Waals surface area contributed by atoms with Crippen LogP contribution < -0.4 is 9.47 Å². The van der Waals surface area contributed by atoms with Gasteiger partial charge < -0.3 is 29.7 Å². The van der Waals surface area contributed by atoms with E-state index in [2.05, 4.69) is 39.9 Å². The summed E-state index contributed by atoms with van der Waals surface area (Å²) < 4.78 is 11.9. The number of carbonyl (C=O) groups excluding carboxylic acids is 2. The van der Waals surface area contributed by atoms with Crippen molar-refractivity contribution >= 4 is 44.8 Å². The molecule has 0 saturated heterocycles. The average molecular weight is 825 g/mol. The third kappa shape index (κ3) is 8.92. The molecular formula is C48H40N8O6. The average Bonchev–Trinajstić information content (AvgIpc) is 3.96. The standard InChI is InChI=1S/2C24H20N4O3/c2*29-17-9-5-15(6-10-17)21-24(26-14-13-25-21)31-18-11-7-16(8-12-18)22(30)23-27-19-3-1-2-4-20(19)28-23/h2*1-5,7-8,11-14,17,29H,6,9-10H2,(H,27,28)/t2*17-/m00/s1. The molecule has 0 saturated carbocycles. The number of nitrogens with zero attached hydrogens (tertiary/aromatic N) is 6. The zero-order valence-corrected chi connectivity index (χ0v) is 33.3. The summed E-state index contributed by atoms with van der Waals surface area (Å²) in [7, 11) is 0. The highest BCUT2D eigenvalue weighted by atomic mass is 16.5. The van der Waals surface area contributed by atoms with Crippen LogP contribution in [-0.4, -0.2) is 73.9 Å². The second-order valence-corrected chi connectivity index (χ2v) is 14.9. The van der Waals surface area contributed by atoms with E-state index in [0.29, 0.717) is 83.1 Å². The molecule has 4 heterocycles. The number of benzene rings is 4. The number of allylic oxidation sites excluding steroid dienone is 2. The van der Waals surface area contributed by atoms with E-state index in [1.807, 2.05) is 60.7 Å². The van der Waals surface area contributed by atoms with Gasteiger partial charge in [-0.2, -0.15) is 0 Å². The van der Waals surface area contributed by atoms with E-state index >= 15 is 0 Å². The molecule has 4 aromatic carbocycles. The maximum absolute atomic E-state index is 12.8. The van der Waals surface area contributed by atoms with Crippen molar-refractivity contribution < 1.29 is 29.3 Å². The van der Waals surface area contributed by atoms with Crippen molar-refractivity contribution in [3.63, 3.8) is 0 Å². The molecule has 0 radical (unpaired) electrons. The summed E-state index contributed by atoms with van der Waals surface area (Å²) in [6.07, 6.45) is 13.8. The van der Waals surface area contributed by atoms with Gasteiger partial charge in [0.15, 0.2) is 11.6 Å². The quantitative estimate of drug-likeness (QED) is 0.0958. The number of rotatable bonds is 10. The summed E-state index contributed by atoms with van der Waals surface area (Å²) in [6.45, 7) is 0. The summed E-state index contributed by atoms with van der Waals surface area (Å²) in [5.74, 6) is 2.15. The van der Waals surface area contributed by atoms with Gasteiger partial charge in [0.1, 0.15) is 22.9 Å². The van der Waals surface area contributed by atoms with E-state index in [-0.39, 0.29) is 23.8 Å². The van der Waals surface area contributed by atoms with Gasteiger partial charge in [-0.15, -0.1) is 0 Å². The monoisotopic (exact) mass is 824 g/mol. The third-order valence-corrected chi connectivity index (χ3v) is 10.6. The van der Waals surface area contributed by atoms with Crippen LogP contribution in [0.25, 0.3) is 33.2 Å². The Hall–Kier alpha value is -7.68. The Morgan fingerprint density at radius 3 is 1.32 bits per heavy atom. The fraction of sp³-hybridized carbons (Fsp3) is 0.167. The molecule has 2 atom stereocenters. The van der Waals surface area contributed by atoms with Gasteiger partial charge >= 0.3 is 0 Å². The number of H-pyrrole nitrogens is 2. The summed E-state index contributed by atoms with van der Waals surface area (Å²) >= 11 is 0. The van der Waals surface area contributed by atoms with Crippen molar-refractivity contribution in [3.8, 4) is 23.3 Å². The molecule has 0 aliphatic heterocycles. The van der Waals surface area contributed by atoms with Gasteiger partial charge in [-0.1, -0.05) is 36.4 Å². The van der Waals surface area contributed by atoms with Gasteiger partial charge in [0.25, 0.3) is 0 Å². The van der Waals surface area contributed by atoms with Crippen molar-refractivity contribution in [3.05, 3.63) is 168 Å². The number of ether oxygens (including phenoxy) is 2. The lowest BCUT2D eigenvalue weighted by molar-refractivity contribution is 0.102. The highest BCUT2D eigenvalue weighted by Crippen LogP contribution is 2.34. The molecule has 0 bridgehead atoms. The first-order chi connectivity index (χ1) is 30.3. The molecule has 0 amide bonds. The lowest BCUT2D eigenvalue weighted by Crippen LogP contribution is -2.10. The van der Waals surface area contributed by atoms with Crippen LogP contribution in [0.15, 0.2) is 134 Å². The first-order valence-corrected chi connectivity index (χ1v) is 20.3. The topological polar surface area (TPSA) is 202 Å². The number of para-hydroxylation sites is 4. The molecule has 308 valence electrons. The summed E-state index contributed by atoms with van der Waals surface area (Å²) in [6, 6.07) is 28.8. The van der Waals surface area contributed by atoms with Crippen LogP contribution in [0.4, 0.5) is 0 Å². The number of nitrogens with one attached hydrogen (secondary N) is 2. The second-order valence-electron chi connectivity index (χ2n) is 14.9. The Morgan fingerprint density at radius 1 is 0.532 bits per heavy atom. The van der Waals surface area contributed by atoms with Crippen LogP contribution in [0.1, 0.15) is 82.3 Å². The normalized spacial score (nSPS) is 16.2. The van der Waals surface area contributed by atoms with E-state index < -0.39 is 0 Å². The highest BCUT2D eigenvalue weighted by molar-refractivity contribution is 6.08. The van der Waals surface area contributed by atoms with Gasteiger partial charge in [0, 0.05) is 35.9 Å². The molecule has 2 aliphatic carbocycles. The Labute approximate surface area is 355 Å². The van der Waals surface area contributed by atoms with Gasteiger partial charge in [-0.25, -0.2) is 29.9 Å². The fourth-order valence-corrected chi connectivity index (χ4v) is 7.28. The Balaban J connectivity index is 0.000000158. The molecule has 0 spiro atoms. The smallest absolute Gasteiger partial charge is 0.245 e. The molecular weight excluding hydrogens is 785 g/mol. The zero-order valence-electron chi connectivity index (χ0n) is 33.3. The number of ketones is 2. The molecule has 14 heteroatoms. The summed E-state index contributed by atoms with van der Waals surface area (Å²) in [5.41, 5.74) is 7.57. The van der Waals surface area contributed by atoms with Gasteiger partial charge in [-0.3, -0.25) is 9.59 Å². The number of aromatic amines is 2. The van der Waals surface area contributed by atoms with Crippen LogP contribution in [-0.2, 0) is 0 Å². The Kier molecular flexibility index (Phi) is 11.5. The van der Waals surface area contributed by atoms with E-state index in [1.54, 1.807) is 73.3 Å². The van der Waals surface area contributed by atoms with Crippen molar-refractivity contribution in [1.82, 2.24) is 39.9 Å². The molecule has 62 heavy (non-hydrogen) atoms. The predicted octanol–water partition coefficient (Wildman–Crippen LogP) is 8.61. The number of fused-ring (bicyclic) bond motifs is 2. The molecule has 8 aromatic rings. The summed E-state index contributed by atoms with van der Waals surface area (Å²) in [5, 5.41) is 19.5. The molecule has 4 aromatic heterocycles. The minimum absolute atomic E-state index is 0.186. The van der Waals surface area contributed by atoms with E-state index in [9.17, 15) is 19.8 Å². The minimum atomic E-state index is -0.304. The van der Waals surface area contributed by atoms with E-state index in [4.69, 9.17) is 9.47 Å². The highest BCUT2D eigenvalue weighted by Gasteiger charge is 2.21. The lowest BCUT2D eigenvalue weighted by atomic mass is 9.95. The van der Waals surface area contributed by atoms with E-state index in [1.165, 1.54) is 0 Å². The number of hydrogen-bond acceptors (Lipinski definition) is 12. The Morgan fingerprint density at radius 2 is 0.935 bits per heavy atom. The Bertz CT molecular complexity index is 2690. The van der Waals surface area contributed by atoms with E-state index in [0.717, 1.165) is 46.1 Å². The molecule has 4 N–H and O–H groups in total. The molecule has 10 rings (SSSR count). The number of aromatic nitrogens is 8. The van der Waals surface area contributed by atoms with Crippen molar-refractivity contribution in [2.24, 2.45) is 0 Å². The number of hydrogen-bond donors (Lipinski definition) is 4. The van der Waals surface area contributed by atoms with Crippen molar-refractivity contribution in [2.75, 3.05) is 0 Å². The first kappa shape index (κ1) is 39.8. The summed E-state index contributed by atoms with van der Waals surface area (Å²) in [4.78, 5) is 57.9. The number of imidazole rings is 2. The fourth-order valence-electron chi connectivity index (χ4n) is 7.28. The van der Waals surface area contributed by atoms with Crippen LogP contribution in [0.5, 0.6) is 23.3 Å². The van der Waals surface area contributed by atoms with Gasteiger partial charge in [-0.05, 0) is 122 Å². The van der Waals surface area contributed by atoms with Crippen LogP contribution in [0, 0.1) is 0 Å². The predicted molar refractivity (Wildman–Crippen MR) is 232 cm³/mol. The third-order valence-electron chi connectivity index (χ3n) is 10.6. The molecule has 0 fully saturated rings. The minimum Gasteiger partial charge on any atom is -0.437 e. The van der Waals surface area contributed by atoms with Crippen molar-refractivity contribution in [2.45, 2.75) is 50.7 Å². The molecule has 2 aliphatic rings. The second kappa shape index (κ2) is 17.9. The number of aliphatic hydroxyl groups is 2. The molecule has 14 nitrogen and oxygen atoms in total. The van der Waals surface area contributed by atoms with Crippen LogP contribution in [0.2, 0.25) is 0 Å². The largest absolute Gasteiger partial charge is 0.437 e. The van der Waals surface area contributed by atoms with Gasteiger partial charge in [0.05, 0.1) is 34.3 Å². The van der Waals surface area contributed by atoms with Gasteiger partial charge in [0.2, 0.25) is 23.3 Å². The van der Waals surface area contributed by atoms with Crippen LogP contribution in [0.3, 0.4) is 0 Å².